The molecule has 0 saturated carbocycles. The highest BCUT2D eigenvalue weighted by Gasteiger charge is 2.31. The van der Waals surface area contributed by atoms with Gasteiger partial charge in [-0.2, -0.15) is 4.98 Å². The van der Waals surface area contributed by atoms with Gasteiger partial charge in [-0.15, -0.1) is 0 Å². The lowest BCUT2D eigenvalue weighted by Crippen LogP contribution is -2.21. The lowest BCUT2D eigenvalue weighted by Gasteiger charge is -2.16. The smallest absolute Gasteiger partial charge is 0.237 e. The minimum atomic E-state index is -0.0825. The van der Waals surface area contributed by atoms with E-state index >= 15 is 0 Å². The lowest BCUT2D eigenvalue weighted by atomic mass is 10.3. The van der Waals surface area contributed by atoms with Crippen molar-refractivity contribution in [3.63, 3.8) is 0 Å². The minimum absolute atomic E-state index is 0.0454. The number of amides is 1. The number of rotatable bonds is 3. The van der Waals surface area contributed by atoms with E-state index in [1.54, 1.807) is 24.5 Å². The topological polar surface area (TPSA) is 68.2 Å². The number of hydrogen-bond acceptors (Lipinski definition) is 5. The molecular weight excluding hydrogens is 292 g/mol. The van der Waals surface area contributed by atoms with Gasteiger partial charge in [0.1, 0.15) is 5.82 Å². The third kappa shape index (κ3) is 2.67. The predicted molar refractivity (Wildman–Crippen MR) is 77.9 cm³/mol. The first-order chi connectivity index (χ1) is 10.0. The van der Waals surface area contributed by atoms with Crippen LogP contribution in [0.5, 0.6) is 5.88 Å². The van der Waals surface area contributed by atoms with Crippen LogP contribution in [-0.4, -0.2) is 27.0 Å². The molecule has 0 radical (unpaired) electrons. The number of ether oxygens (including phenoxy) is 1. The third-order valence-corrected chi connectivity index (χ3v) is 3.13. The number of fused-ring (bicyclic) bond motifs is 1. The molecule has 0 aliphatic carbocycles. The second kappa shape index (κ2) is 5.29. The first-order valence-electron chi connectivity index (χ1n) is 6.51. The van der Waals surface area contributed by atoms with Gasteiger partial charge in [0.25, 0.3) is 0 Å². The van der Waals surface area contributed by atoms with Gasteiger partial charge in [0.15, 0.2) is 0 Å². The Morgan fingerprint density at radius 3 is 2.76 bits per heavy atom. The van der Waals surface area contributed by atoms with Crippen LogP contribution in [0.1, 0.15) is 19.4 Å². The van der Waals surface area contributed by atoms with Crippen molar-refractivity contribution in [2.75, 3.05) is 4.90 Å². The molecule has 2 aromatic rings. The Kier molecular flexibility index (Phi) is 3.47. The number of anilines is 2. The van der Waals surface area contributed by atoms with Gasteiger partial charge in [-0.1, -0.05) is 0 Å². The van der Waals surface area contributed by atoms with E-state index in [1.807, 2.05) is 13.8 Å². The summed E-state index contributed by atoms with van der Waals surface area (Å²) in [5.41, 5.74) is 1.39. The lowest BCUT2D eigenvalue weighted by molar-refractivity contribution is -0.116. The van der Waals surface area contributed by atoms with E-state index in [0.29, 0.717) is 17.4 Å². The van der Waals surface area contributed by atoms with Crippen LogP contribution in [0.4, 0.5) is 11.5 Å². The molecule has 0 unspecified atom stereocenters. The third-order valence-electron chi connectivity index (χ3n) is 2.95. The summed E-state index contributed by atoms with van der Waals surface area (Å²) in [6, 6.07) is 3.50. The molecule has 3 rings (SSSR count). The normalized spacial score (nSPS) is 13.7. The second-order valence-electron chi connectivity index (χ2n) is 4.92. The molecule has 0 N–H and O–H groups in total. The van der Waals surface area contributed by atoms with Crippen molar-refractivity contribution in [2.45, 2.75) is 26.4 Å². The van der Waals surface area contributed by atoms with Gasteiger partial charge in [0, 0.05) is 17.8 Å². The molecule has 2 aromatic heterocycles. The highest BCUT2D eigenvalue weighted by atomic mass is 35.5. The molecule has 0 spiro atoms. The Balaban J connectivity index is 1.94. The predicted octanol–water partition coefficient (Wildman–Crippen LogP) is 2.53. The van der Waals surface area contributed by atoms with Gasteiger partial charge in [0.2, 0.25) is 17.1 Å². The summed E-state index contributed by atoms with van der Waals surface area (Å²) < 4.78 is 5.49. The van der Waals surface area contributed by atoms with Gasteiger partial charge in [-0.05, 0) is 31.5 Å². The number of carbonyl (C=O) groups excluding carboxylic acids is 1. The zero-order chi connectivity index (χ0) is 15.0. The van der Waals surface area contributed by atoms with E-state index < -0.39 is 0 Å². The Morgan fingerprint density at radius 2 is 2.10 bits per heavy atom. The summed E-state index contributed by atoms with van der Waals surface area (Å²) in [7, 11) is 0. The maximum atomic E-state index is 12.2. The zero-order valence-electron chi connectivity index (χ0n) is 11.6. The van der Waals surface area contributed by atoms with Crippen LogP contribution in [0, 0.1) is 0 Å². The van der Waals surface area contributed by atoms with Crippen LogP contribution in [0.3, 0.4) is 0 Å². The fourth-order valence-electron chi connectivity index (χ4n) is 2.14. The van der Waals surface area contributed by atoms with E-state index in [-0.39, 0.29) is 23.7 Å². The number of nitrogens with zero attached hydrogens (tertiary/aromatic N) is 4. The van der Waals surface area contributed by atoms with E-state index in [1.165, 1.54) is 4.90 Å². The van der Waals surface area contributed by atoms with Crippen LogP contribution in [0.25, 0.3) is 0 Å². The fourth-order valence-corrected chi connectivity index (χ4v) is 2.27. The molecule has 6 nitrogen and oxygen atoms in total. The Morgan fingerprint density at radius 1 is 1.29 bits per heavy atom. The first kappa shape index (κ1) is 13.8. The Labute approximate surface area is 126 Å². The average Bonchev–Trinajstić information content (AvgIpc) is 2.74. The summed E-state index contributed by atoms with van der Waals surface area (Å²) >= 11 is 5.81. The minimum Gasteiger partial charge on any atom is -0.475 e. The monoisotopic (exact) mass is 304 g/mol. The molecule has 0 fully saturated rings. The molecular formula is C14H13ClN4O2. The van der Waals surface area contributed by atoms with Crippen LogP contribution >= 0.6 is 11.6 Å². The van der Waals surface area contributed by atoms with Gasteiger partial charge < -0.3 is 4.74 Å². The van der Waals surface area contributed by atoms with Crippen molar-refractivity contribution in [2.24, 2.45) is 0 Å². The molecule has 21 heavy (non-hydrogen) atoms. The van der Waals surface area contributed by atoms with E-state index in [9.17, 15) is 4.79 Å². The number of aromatic nitrogens is 3. The SMILES string of the molecule is CC(C)Oc1ccc(N2C(=O)Cc3cnc(Cl)nc32)cn1. The maximum absolute atomic E-state index is 12.2. The molecule has 1 amide bonds. The molecule has 1 aliphatic heterocycles. The van der Waals surface area contributed by atoms with Crippen LogP contribution in [-0.2, 0) is 11.2 Å². The van der Waals surface area contributed by atoms with Crippen LogP contribution < -0.4 is 9.64 Å². The molecule has 0 bridgehead atoms. The molecule has 1 aliphatic rings. The fraction of sp³-hybridized carbons (Fsp3) is 0.286. The molecule has 0 atom stereocenters. The first-order valence-corrected chi connectivity index (χ1v) is 6.89. The summed E-state index contributed by atoms with van der Waals surface area (Å²) in [5.74, 6) is 0.946. The zero-order valence-corrected chi connectivity index (χ0v) is 12.3. The maximum Gasteiger partial charge on any atom is 0.237 e. The summed E-state index contributed by atoms with van der Waals surface area (Å²) in [6.45, 7) is 3.85. The Bertz CT molecular complexity index is 688. The van der Waals surface area contributed by atoms with E-state index in [4.69, 9.17) is 16.3 Å². The van der Waals surface area contributed by atoms with Gasteiger partial charge in [-0.3, -0.25) is 9.69 Å². The molecule has 0 aromatic carbocycles. The number of halogens is 1. The van der Waals surface area contributed by atoms with Crippen molar-refractivity contribution in [1.29, 1.82) is 0 Å². The van der Waals surface area contributed by atoms with Crippen molar-refractivity contribution in [3.8, 4) is 5.88 Å². The van der Waals surface area contributed by atoms with Gasteiger partial charge in [0.05, 0.1) is 24.4 Å². The largest absolute Gasteiger partial charge is 0.475 e. The molecule has 108 valence electrons. The number of pyridine rings is 1. The summed E-state index contributed by atoms with van der Waals surface area (Å²) in [5, 5.41) is 0.112. The average molecular weight is 305 g/mol. The number of carbonyl (C=O) groups is 1. The highest BCUT2D eigenvalue weighted by molar-refractivity contribution is 6.28. The highest BCUT2D eigenvalue weighted by Crippen LogP contribution is 2.33. The number of hydrogen-bond donors (Lipinski definition) is 0. The van der Waals surface area contributed by atoms with Crippen molar-refractivity contribution in [3.05, 3.63) is 35.4 Å². The van der Waals surface area contributed by atoms with Crippen LogP contribution in [0.15, 0.2) is 24.5 Å². The molecule has 7 heteroatoms. The standard InChI is InChI=1S/C14H13ClN4O2/c1-8(2)21-11-4-3-10(7-16-11)19-12(20)5-9-6-17-14(15)18-13(9)19/h3-4,6-8H,5H2,1-2H3. The van der Waals surface area contributed by atoms with Gasteiger partial charge >= 0.3 is 0 Å². The van der Waals surface area contributed by atoms with E-state index in [0.717, 1.165) is 5.56 Å². The molecule has 0 saturated heterocycles. The quantitative estimate of drug-likeness (QED) is 0.815. The summed E-state index contributed by atoms with van der Waals surface area (Å²) in [4.78, 5) is 25.9. The van der Waals surface area contributed by atoms with Crippen molar-refractivity contribution < 1.29 is 9.53 Å². The molecule has 3 heterocycles. The second-order valence-corrected chi connectivity index (χ2v) is 5.25. The van der Waals surface area contributed by atoms with Crippen LogP contribution in [0.2, 0.25) is 5.28 Å². The van der Waals surface area contributed by atoms with Crippen molar-refractivity contribution >= 4 is 29.0 Å². The van der Waals surface area contributed by atoms with Crippen molar-refractivity contribution in [1.82, 2.24) is 15.0 Å². The Hall–Kier alpha value is -2.21. The summed E-state index contributed by atoms with van der Waals surface area (Å²) in [6.07, 6.45) is 3.47. The van der Waals surface area contributed by atoms with E-state index in [2.05, 4.69) is 15.0 Å². The van der Waals surface area contributed by atoms with Gasteiger partial charge in [-0.25, -0.2) is 9.97 Å².